The van der Waals surface area contributed by atoms with Gasteiger partial charge in [0.1, 0.15) is 5.75 Å². The maximum atomic E-state index is 12.4. The van der Waals surface area contributed by atoms with E-state index in [0.29, 0.717) is 11.7 Å². The van der Waals surface area contributed by atoms with E-state index in [-0.39, 0.29) is 49.8 Å². The van der Waals surface area contributed by atoms with Gasteiger partial charge in [-0.2, -0.15) is 5.26 Å². The second-order valence-electron chi connectivity index (χ2n) is 16.4. The third-order valence-electron chi connectivity index (χ3n) is 13.4. The molecule has 0 spiro atoms. The van der Waals surface area contributed by atoms with Gasteiger partial charge in [-0.3, -0.25) is 14.4 Å². The molecule has 7 atom stereocenters. The van der Waals surface area contributed by atoms with Gasteiger partial charge >= 0.3 is 17.9 Å². The number of benzene rings is 2. The van der Waals surface area contributed by atoms with Crippen LogP contribution in [0, 0.1) is 45.8 Å². The highest BCUT2D eigenvalue weighted by atomic mass is 32.2. The molecule has 0 heterocycles. The summed E-state index contributed by atoms with van der Waals surface area (Å²) in [6.45, 7) is 18.0. The Morgan fingerprint density at radius 3 is 2.12 bits per heavy atom. The number of nitrogens with zero attached hydrogens (tertiary/aromatic N) is 1. The Bertz CT molecular complexity index is 1830. The van der Waals surface area contributed by atoms with Gasteiger partial charge in [-0.05, 0) is 129 Å². The first-order valence-electron chi connectivity index (χ1n) is 18.1. The summed E-state index contributed by atoms with van der Waals surface area (Å²) in [4.78, 5) is 37.4. The molecule has 3 saturated carbocycles. The van der Waals surface area contributed by atoms with Crippen LogP contribution in [0.2, 0.25) is 0 Å². The number of esters is 3. The first-order valence-corrected chi connectivity index (χ1v) is 19.0. The summed E-state index contributed by atoms with van der Waals surface area (Å²) in [6.07, 6.45) is 10.7. The van der Waals surface area contributed by atoms with E-state index >= 15 is 0 Å². The van der Waals surface area contributed by atoms with Crippen molar-refractivity contribution in [3.63, 3.8) is 0 Å². The van der Waals surface area contributed by atoms with E-state index in [1.165, 1.54) is 26.3 Å². The number of carbonyl (C=O) groups is 3. The molecule has 6 rings (SSSR count). The third-order valence-corrected chi connectivity index (χ3v) is 14.6. The lowest BCUT2D eigenvalue weighted by Crippen LogP contribution is -2.63. The van der Waals surface area contributed by atoms with Crippen molar-refractivity contribution >= 4 is 29.7 Å². The van der Waals surface area contributed by atoms with Crippen molar-refractivity contribution in [1.82, 2.24) is 0 Å². The van der Waals surface area contributed by atoms with E-state index in [4.69, 9.17) is 14.2 Å². The predicted octanol–water partition coefficient (Wildman–Crippen LogP) is 10.1. The molecule has 7 nitrogen and oxygen atoms in total. The number of carbonyl (C=O) groups excluding carboxylic acids is 3. The number of hydrogen-bond donors (Lipinski definition) is 0. The summed E-state index contributed by atoms with van der Waals surface area (Å²) < 4.78 is 16.9. The second kappa shape index (κ2) is 12.6. The molecule has 1 unspecified atom stereocenters. The van der Waals surface area contributed by atoms with E-state index < -0.39 is 11.9 Å². The van der Waals surface area contributed by atoms with Crippen molar-refractivity contribution in [2.75, 3.05) is 0 Å². The maximum Gasteiger partial charge on any atom is 0.308 e. The third kappa shape index (κ3) is 5.68. The Morgan fingerprint density at radius 1 is 0.880 bits per heavy atom. The Kier molecular flexibility index (Phi) is 9.12. The first-order chi connectivity index (χ1) is 23.4. The van der Waals surface area contributed by atoms with Gasteiger partial charge in [0.15, 0.2) is 11.5 Å². The number of ether oxygens (including phenoxy) is 3. The quantitative estimate of drug-likeness (QED) is 0.167. The van der Waals surface area contributed by atoms with Crippen LogP contribution in [0.5, 0.6) is 17.2 Å². The van der Waals surface area contributed by atoms with Crippen molar-refractivity contribution in [2.45, 2.75) is 129 Å². The Morgan fingerprint density at radius 2 is 1.52 bits per heavy atom. The maximum absolute atomic E-state index is 12.4. The molecule has 0 amide bonds. The van der Waals surface area contributed by atoms with Crippen LogP contribution in [0.25, 0.3) is 0 Å². The Balaban J connectivity index is 1.56. The lowest BCUT2D eigenvalue weighted by molar-refractivity contribution is -0.164. The number of fused-ring (bicyclic) bond motifs is 7. The van der Waals surface area contributed by atoms with Crippen LogP contribution >= 0.6 is 11.8 Å². The fourth-order valence-electron chi connectivity index (χ4n) is 10.8. The minimum Gasteiger partial charge on any atom is -0.427 e. The summed E-state index contributed by atoms with van der Waals surface area (Å²) in [5, 5.41) is 10.2. The Hall–Kier alpha value is -3.57. The van der Waals surface area contributed by atoms with Crippen LogP contribution in [-0.2, 0) is 19.8 Å². The second-order valence-corrected chi connectivity index (χ2v) is 17.6. The summed E-state index contributed by atoms with van der Waals surface area (Å²) in [5.74, 6) is 0.142. The molecular formula is C42H51NO6S. The fraction of sp³-hybridized carbons (Fsp3) is 0.571. The minimum atomic E-state index is -0.481. The highest BCUT2D eigenvalue weighted by Crippen LogP contribution is 2.76. The summed E-state index contributed by atoms with van der Waals surface area (Å²) >= 11 is 1.71. The molecule has 0 N–H and O–H groups in total. The topological polar surface area (TPSA) is 103 Å². The molecule has 3 fully saturated rings. The molecule has 0 aromatic heterocycles. The van der Waals surface area contributed by atoms with Gasteiger partial charge in [-0.25, -0.2) is 0 Å². The predicted molar refractivity (Wildman–Crippen MR) is 194 cm³/mol. The van der Waals surface area contributed by atoms with Gasteiger partial charge in [0.2, 0.25) is 0 Å². The lowest BCUT2D eigenvalue weighted by Gasteiger charge is -2.71. The van der Waals surface area contributed by atoms with Crippen LogP contribution < -0.4 is 14.2 Å². The minimum absolute atomic E-state index is 0.0215. The van der Waals surface area contributed by atoms with Crippen LogP contribution in [0.3, 0.4) is 0 Å². The van der Waals surface area contributed by atoms with Crippen molar-refractivity contribution in [2.24, 2.45) is 27.6 Å². The molecule has 2 aromatic carbocycles. The van der Waals surface area contributed by atoms with Gasteiger partial charge in [0, 0.05) is 36.6 Å². The highest BCUT2D eigenvalue weighted by molar-refractivity contribution is 7.99. The fourth-order valence-corrected chi connectivity index (χ4v) is 12.0. The molecule has 8 heteroatoms. The number of thioether (sulfide) groups is 1. The van der Waals surface area contributed by atoms with E-state index in [9.17, 15) is 19.6 Å². The molecular weight excluding hydrogens is 647 g/mol. The number of nitriles is 1. The monoisotopic (exact) mass is 697 g/mol. The molecule has 2 aromatic rings. The SMILES string of the molecule is CC[C@@]12CC[C@]3(C)C(=CC(Sc4ccc(OC(C)=O)cc4)c4c3cc(OC(C)=O)c(OC(C)=O)c4C)[C@@]1(C)CC[C@@]1(C)CC[C@@](C)(C#N)C[C@H]12. The van der Waals surface area contributed by atoms with Gasteiger partial charge in [0.05, 0.1) is 16.7 Å². The largest absolute Gasteiger partial charge is 0.427 e. The van der Waals surface area contributed by atoms with Crippen LogP contribution in [0.15, 0.2) is 46.9 Å². The molecule has 50 heavy (non-hydrogen) atoms. The van der Waals surface area contributed by atoms with E-state index in [1.54, 1.807) is 11.8 Å². The van der Waals surface area contributed by atoms with Crippen molar-refractivity contribution in [3.05, 3.63) is 58.7 Å². The average molecular weight is 698 g/mol. The Labute approximate surface area is 301 Å². The molecule has 0 radical (unpaired) electrons. The summed E-state index contributed by atoms with van der Waals surface area (Å²) in [7, 11) is 0. The van der Waals surface area contributed by atoms with Crippen molar-refractivity contribution in [1.29, 1.82) is 5.26 Å². The van der Waals surface area contributed by atoms with Gasteiger partial charge in [0.25, 0.3) is 0 Å². The average Bonchev–Trinajstić information content (AvgIpc) is 3.05. The van der Waals surface area contributed by atoms with Crippen LogP contribution in [0.1, 0.15) is 129 Å². The lowest BCUT2D eigenvalue weighted by atomic mass is 9.33. The molecule has 0 aliphatic heterocycles. The number of rotatable bonds is 6. The van der Waals surface area contributed by atoms with Gasteiger partial charge in [-0.15, -0.1) is 11.8 Å². The van der Waals surface area contributed by atoms with Crippen molar-refractivity contribution in [3.8, 4) is 23.3 Å². The van der Waals surface area contributed by atoms with Gasteiger partial charge in [-0.1, -0.05) is 39.3 Å². The first kappa shape index (κ1) is 36.2. The highest BCUT2D eigenvalue weighted by Gasteiger charge is 2.68. The zero-order valence-electron chi connectivity index (χ0n) is 31.1. The summed E-state index contributed by atoms with van der Waals surface area (Å²) in [5.41, 5.74) is 3.80. The van der Waals surface area contributed by atoms with Crippen molar-refractivity contribution < 1.29 is 28.6 Å². The van der Waals surface area contributed by atoms with E-state index in [0.717, 1.165) is 73.0 Å². The van der Waals surface area contributed by atoms with Gasteiger partial charge < -0.3 is 14.2 Å². The molecule has 4 aliphatic carbocycles. The zero-order chi connectivity index (χ0) is 36.4. The normalized spacial score (nSPS) is 34.0. The van der Waals surface area contributed by atoms with Crippen LogP contribution in [0.4, 0.5) is 0 Å². The molecule has 0 bridgehead atoms. The van der Waals surface area contributed by atoms with E-state index in [2.05, 4.69) is 46.8 Å². The summed E-state index contributed by atoms with van der Waals surface area (Å²) in [6, 6.07) is 12.3. The number of allylic oxidation sites excluding steroid dienone is 1. The zero-order valence-corrected chi connectivity index (χ0v) is 31.9. The smallest absolute Gasteiger partial charge is 0.308 e. The molecule has 0 saturated heterocycles. The standard InChI is InChI=1S/C42H51NO6S/c1-10-42-20-18-40(8)31-21-32(48-27(4)45)37(49-28(5)46)25(2)36(31)33(50-30-13-11-29(12-14-30)47-26(3)44)22-34(40)41(42,9)19-17-39(7)16-15-38(6,24-43)23-35(39)42/h11-14,21-22,33,35H,10,15-20,23H2,1-9H3/t33?,35-,38-,39-,40+,41-,42+/m1/s1. The number of hydrogen-bond acceptors (Lipinski definition) is 8. The molecule has 4 aliphatic rings. The van der Waals surface area contributed by atoms with E-state index in [1.807, 2.05) is 37.3 Å². The molecule has 266 valence electrons. The van der Waals surface area contributed by atoms with Crippen LogP contribution in [-0.4, -0.2) is 17.9 Å².